The van der Waals surface area contributed by atoms with Crippen LogP contribution in [0, 0.1) is 0 Å². The minimum absolute atomic E-state index is 0.0981. The van der Waals surface area contributed by atoms with Crippen LogP contribution in [0.5, 0.6) is 0 Å². The monoisotopic (exact) mass is 316 g/mol. The van der Waals surface area contributed by atoms with Crippen LogP contribution in [0.1, 0.15) is 37.7 Å². The highest BCUT2D eigenvalue weighted by Crippen LogP contribution is 2.16. The van der Waals surface area contributed by atoms with Gasteiger partial charge in [0.2, 0.25) is 11.8 Å². The van der Waals surface area contributed by atoms with Crippen LogP contribution < -0.4 is 5.32 Å². The average molecular weight is 316 g/mol. The molecular weight excluding hydrogens is 292 g/mol. The highest BCUT2D eigenvalue weighted by atomic mass is 16.2. The Balaban J connectivity index is 1.59. The zero-order valence-corrected chi connectivity index (χ0v) is 13.4. The first-order valence-corrected chi connectivity index (χ1v) is 8.26. The van der Waals surface area contributed by atoms with E-state index in [1.807, 2.05) is 18.2 Å². The van der Waals surface area contributed by atoms with Gasteiger partial charge in [-0.3, -0.25) is 9.59 Å². The highest BCUT2D eigenvalue weighted by Gasteiger charge is 2.27. The number of rotatable bonds is 8. The average Bonchev–Trinajstić information content (AvgIpc) is 3.06. The summed E-state index contributed by atoms with van der Waals surface area (Å²) in [7, 11) is 0. The van der Waals surface area contributed by atoms with Crippen LogP contribution in [-0.2, 0) is 20.8 Å². The van der Waals surface area contributed by atoms with Crippen LogP contribution in [0.15, 0.2) is 30.3 Å². The molecule has 0 spiro atoms. The number of aryl methyl sites for hydroxylation is 1. The van der Waals surface area contributed by atoms with Crippen LogP contribution in [0.3, 0.4) is 0 Å². The van der Waals surface area contributed by atoms with E-state index in [2.05, 4.69) is 17.4 Å². The van der Waals surface area contributed by atoms with E-state index >= 15 is 0 Å². The standard InChI is InChI=1S/C18H24N2O3/c21-14-16-9-5-13-20(16)18(23)11-10-17(22)19-12-4-8-15-6-2-1-3-7-15/h1-3,6-7,14,16H,4-5,8-13H2,(H,19,22)/t16-/m0/s1. The Morgan fingerprint density at radius 1 is 1.22 bits per heavy atom. The molecule has 5 heteroatoms. The topological polar surface area (TPSA) is 66.5 Å². The fraction of sp³-hybridized carbons (Fsp3) is 0.500. The van der Waals surface area contributed by atoms with Gasteiger partial charge in [-0.1, -0.05) is 30.3 Å². The van der Waals surface area contributed by atoms with Gasteiger partial charge in [0, 0.05) is 25.9 Å². The lowest BCUT2D eigenvalue weighted by atomic mass is 10.1. The van der Waals surface area contributed by atoms with Crippen LogP contribution in [-0.4, -0.2) is 42.1 Å². The Labute approximate surface area is 137 Å². The molecule has 1 atom stereocenters. The molecule has 0 radical (unpaired) electrons. The fourth-order valence-electron chi connectivity index (χ4n) is 2.86. The molecule has 1 aliphatic heterocycles. The predicted octanol–water partition coefficient (Wildman–Crippen LogP) is 1.71. The van der Waals surface area contributed by atoms with Gasteiger partial charge in [-0.25, -0.2) is 0 Å². The second-order valence-electron chi connectivity index (χ2n) is 5.87. The normalized spacial score (nSPS) is 17.0. The first-order valence-electron chi connectivity index (χ1n) is 8.26. The minimum Gasteiger partial charge on any atom is -0.356 e. The molecule has 0 aliphatic carbocycles. The van der Waals surface area contributed by atoms with Crippen molar-refractivity contribution in [3.8, 4) is 0 Å². The summed E-state index contributed by atoms with van der Waals surface area (Å²) in [5, 5.41) is 2.84. The van der Waals surface area contributed by atoms with Crippen molar-refractivity contribution in [3.63, 3.8) is 0 Å². The van der Waals surface area contributed by atoms with Crippen molar-refractivity contribution in [2.45, 2.75) is 44.6 Å². The van der Waals surface area contributed by atoms with Crippen molar-refractivity contribution >= 4 is 18.1 Å². The second-order valence-corrected chi connectivity index (χ2v) is 5.87. The predicted molar refractivity (Wildman–Crippen MR) is 87.8 cm³/mol. The van der Waals surface area contributed by atoms with Crippen molar-refractivity contribution in [1.29, 1.82) is 0 Å². The summed E-state index contributed by atoms with van der Waals surface area (Å²) in [5.41, 5.74) is 1.26. The largest absolute Gasteiger partial charge is 0.356 e. The van der Waals surface area contributed by atoms with Crippen molar-refractivity contribution in [2.24, 2.45) is 0 Å². The summed E-state index contributed by atoms with van der Waals surface area (Å²) in [6.07, 6.45) is 4.59. The summed E-state index contributed by atoms with van der Waals surface area (Å²) in [4.78, 5) is 36.3. The number of likely N-dealkylation sites (tertiary alicyclic amines) is 1. The first-order chi connectivity index (χ1) is 11.2. The van der Waals surface area contributed by atoms with E-state index < -0.39 is 0 Å². The van der Waals surface area contributed by atoms with E-state index in [1.54, 1.807) is 4.90 Å². The summed E-state index contributed by atoms with van der Waals surface area (Å²) < 4.78 is 0. The van der Waals surface area contributed by atoms with Crippen LogP contribution in [0.25, 0.3) is 0 Å². The summed E-state index contributed by atoms with van der Waals surface area (Å²) >= 11 is 0. The van der Waals surface area contributed by atoms with E-state index in [-0.39, 0.29) is 30.7 Å². The number of nitrogens with zero attached hydrogens (tertiary/aromatic N) is 1. The molecule has 1 aromatic rings. The third-order valence-corrected chi connectivity index (χ3v) is 4.15. The lowest BCUT2D eigenvalue weighted by molar-refractivity contribution is -0.136. The molecule has 1 aliphatic rings. The van der Waals surface area contributed by atoms with Crippen LogP contribution in [0.2, 0.25) is 0 Å². The third kappa shape index (κ3) is 5.51. The molecule has 124 valence electrons. The lowest BCUT2D eigenvalue weighted by Gasteiger charge is -2.20. The van der Waals surface area contributed by atoms with Gasteiger partial charge < -0.3 is 15.0 Å². The number of carbonyl (C=O) groups excluding carboxylic acids is 3. The molecule has 0 bridgehead atoms. The molecule has 2 amide bonds. The summed E-state index contributed by atoms with van der Waals surface area (Å²) in [6, 6.07) is 9.84. The van der Waals surface area contributed by atoms with Gasteiger partial charge >= 0.3 is 0 Å². The van der Waals surface area contributed by atoms with Gasteiger partial charge in [-0.2, -0.15) is 0 Å². The maximum Gasteiger partial charge on any atom is 0.223 e. The van der Waals surface area contributed by atoms with Crippen molar-refractivity contribution in [3.05, 3.63) is 35.9 Å². The number of aldehydes is 1. The molecule has 23 heavy (non-hydrogen) atoms. The van der Waals surface area contributed by atoms with Crippen LogP contribution in [0.4, 0.5) is 0 Å². The number of amides is 2. The molecule has 1 saturated heterocycles. The second kappa shape index (κ2) is 9.08. The maximum absolute atomic E-state index is 12.0. The van der Waals surface area contributed by atoms with Gasteiger partial charge in [-0.05, 0) is 31.2 Å². The number of carbonyl (C=O) groups is 3. The molecule has 1 aromatic carbocycles. The molecule has 1 N–H and O–H groups in total. The van der Waals surface area contributed by atoms with Crippen molar-refractivity contribution in [1.82, 2.24) is 10.2 Å². The molecule has 0 unspecified atom stereocenters. The number of hydrogen-bond acceptors (Lipinski definition) is 3. The Kier molecular flexibility index (Phi) is 6.78. The van der Waals surface area contributed by atoms with Gasteiger partial charge in [0.15, 0.2) is 0 Å². The summed E-state index contributed by atoms with van der Waals surface area (Å²) in [5.74, 6) is -0.202. The lowest BCUT2D eigenvalue weighted by Crippen LogP contribution is -2.37. The van der Waals surface area contributed by atoms with E-state index in [0.717, 1.165) is 32.0 Å². The Hall–Kier alpha value is -2.17. The molecule has 0 aromatic heterocycles. The molecule has 2 rings (SSSR count). The zero-order valence-electron chi connectivity index (χ0n) is 13.4. The maximum atomic E-state index is 12.0. The first kappa shape index (κ1) is 17.2. The molecule has 0 saturated carbocycles. The minimum atomic E-state index is -0.295. The van der Waals surface area contributed by atoms with Gasteiger partial charge in [0.1, 0.15) is 6.29 Å². The van der Waals surface area contributed by atoms with E-state index in [0.29, 0.717) is 13.1 Å². The van der Waals surface area contributed by atoms with Crippen LogP contribution >= 0.6 is 0 Å². The van der Waals surface area contributed by atoms with Gasteiger partial charge in [0.05, 0.1) is 6.04 Å². The van der Waals surface area contributed by atoms with E-state index in [4.69, 9.17) is 0 Å². The Morgan fingerprint density at radius 3 is 2.74 bits per heavy atom. The fourth-order valence-corrected chi connectivity index (χ4v) is 2.86. The third-order valence-electron chi connectivity index (χ3n) is 4.15. The van der Waals surface area contributed by atoms with E-state index in [1.165, 1.54) is 5.56 Å². The molecule has 5 nitrogen and oxygen atoms in total. The quantitative estimate of drug-likeness (QED) is 0.586. The molecule has 1 fully saturated rings. The van der Waals surface area contributed by atoms with Crippen molar-refractivity contribution in [2.75, 3.05) is 13.1 Å². The van der Waals surface area contributed by atoms with E-state index in [9.17, 15) is 14.4 Å². The highest BCUT2D eigenvalue weighted by molar-refractivity contribution is 5.85. The van der Waals surface area contributed by atoms with Crippen molar-refractivity contribution < 1.29 is 14.4 Å². The zero-order chi connectivity index (χ0) is 16.5. The Bertz CT molecular complexity index is 530. The molecular formula is C18H24N2O3. The number of benzene rings is 1. The number of nitrogens with one attached hydrogen (secondary N) is 1. The smallest absolute Gasteiger partial charge is 0.223 e. The van der Waals surface area contributed by atoms with Gasteiger partial charge in [-0.15, -0.1) is 0 Å². The SMILES string of the molecule is O=C[C@@H]1CCCN1C(=O)CCC(=O)NCCCc1ccccc1. The molecule has 1 heterocycles. The Morgan fingerprint density at radius 2 is 2.00 bits per heavy atom. The number of hydrogen-bond donors (Lipinski definition) is 1. The summed E-state index contributed by atoms with van der Waals surface area (Å²) in [6.45, 7) is 1.24. The van der Waals surface area contributed by atoms with Gasteiger partial charge in [0.25, 0.3) is 0 Å².